The average molecular weight is 298 g/mol. The summed E-state index contributed by atoms with van der Waals surface area (Å²) >= 11 is 3.20. The fourth-order valence-corrected chi connectivity index (χ4v) is 1.80. The summed E-state index contributed by atoms with van der Waals surface area (Å²) in [4.78, 5) is 14.6. The quantitative estimate of drug-likeness (QED) is 0.899. The van der Waals surface area contributed by atoms with Crippen LogP contribution in [0.3, 0.4) is 0 Å². The Balaban J connectivity index is 2.07. The second-order valence-corrected chi connectivity index (χ2v) is 4.06. The highest BCUT2D eigenvalue weighted by Crippen LogP contribution is 2.21. The van der Waals surface area contributed by atoms with E-state index in [1.165, 1.54) is 12.5 Å². The molecule has 0 saturated carbocycles. The second-order valence-electron chi connectivity index (χ2n) is 3.20. The van der Waals surface area contributed by atoms with Gasteiger partial charge in [-0.25, -0.2) is 4.79 Å². The number of hydrogen-bond acceptors (Lipinski definition) is 5. The molecule has 0 amide bonds. The van der Waals surface area contributed by atoms with Crippen LogP contribution in [0.5, 0.6) is 0 Å². The van der Waals surface area contributed by atoms with E-state index in [1.807, 2.05) is 0 Å². The van der Waals surface area contributed by atoms with Gasteiger partial charge in [-0.05, 0) is 34.1 Å². The summed E-state index contributed by atoms with van der Waals surface area (Å²) in [7, 11) is 0. The molecule has 17 heavy (non-hydrogen) atoms. The molecule has 0 saturated heterocycles. The van der Waals surface area contributed by atoms with Crippen molar-refractivity contribution in [2.24, 2.45) is 0 Å². The molecule has 2 N–H and O–H groups in total. The van der Waals surface area contributed by atoms with Crippen LogP contribution in [0, 0.1) is 0 Å². The lowest BCUT2D eigenvalue weighted by molar-refractivity contribution is 0.0696. The molecule has 88 valence electrons. The van der Waals surface area contributed by atoms with Crippen molar-refractivity contribution in [2.45, 2.75) is 6.54 Å². The molecule has 2 rings (SSSR count). The van der Waals surface area contributed by atoms with Gasteiger partial charge in [-0.15, -0.1) is 0 Å². The van der Waals surface area contributed by atoms with E-state index in [9.17, 15) is 4.79 Å². The van der Waals surface area contributed by atoms with Gasteiger partial charge in [0.2, 0.25) is 6.39 Å². The Labute approximate surface area is 105 Å². The summed E-state index contributed by atoms with van der Waals surface area (Å²) in [6.07, 6.45) is 1.25. The Morgan fingerprint density at radius 3 is 2.94 bits per heavy atom. The Morgan fingerprint density at radius 1 is 1.53 bits per heavy atom. The van der Waals surface area contributed by atoms with E-state index in [4.69, 9.17) is 5.11 Å². The topological polar surface area (TPSA) is 88.2 Å². The first-order valence-corrected chi connectivity index (χ1v) is 5.48. The number of carboxylic acids is 1. The third-order valence-corrected chi connectivity index (χ3v) is 2.71. The van der Waals surface area contributed by atoms with Crippen molar-refractivity contribution >= 4 is 27.6 Å². The smallest absolute Gasteiger partial charge is 0.336 e. The first-order chi connectivity index (χ1) is 8.16. The number of carboxylic acid groups (broad SMARTS) is 1. The molecule has 1 heterocycles. The molecule has 0 unspecified atom stereocenters. The highest BCUT2D eigenvalue weighted by atomic mass is 79.9. The van der Waals surface area contributed by atoms with E-state index in [2.05, 4.69) is 35.9 Å². The summed E-state index contributed by atoms with van der Waals surface area (Å²) in [5.74, 6) is -0.440. The van der Waals surface area contributed by atoms with E-state index < -0.39 is 5.97 Å². The maximum Gasteiger partial charge on any atom is 0.336 e. The van der Waals surface area contributed by atoms with Crippen LogP contribution >= 0.6 is 15.9 Å². The molecule has 2 aromatic rings. The highest BCUT2D eigenvalue weighted by molar-refractivity contribution is 9.10. The number of benzene rings is 1. The van der Waals surface area contributed by atoms with Crippen molar-refractivity contribution in [3.63, 3.8) is 0 Å². The number of nitrogens with zero attached hydrogens (tertiary/aromatic N) is 2. The van der Waals surface area contributed by atoms with Crippen LogP contribution in [0.15, 0.2) is 33.6 Å². The zero-order chi connectivity index (χ0) is 12.3. The number of halogens is 1. The maximum absolute atomic E-state index is 10.8. The lowest BCUT2D eigenvalue weighted by Gasteiger charge is -2.05. The minimum absolute atomic E-state index is 0.218. The number of aromatic nitrogens is 2. The number of rotatable bonds is 4. The first-order valence-electron chi connectivity index (χ1n) is 4.69. The van der Waals surface area contributed by atoms with Gasteiger partial charge in [0.1, 0.15) is 0 Å². The van der Waals surface area contributed by atoms with E-state index in [-0.39, 0.29) is 5.56 Å². The minimum atomic E-state index is -0.971. The van der Waals surface area contributed by atoms with Gasteiger partial charge >= 0.3 is 5.97 Å². The van der Waals surface area contributed by atoms with Crippen LogP contribution in [0.1, 0.15) is 16.2 Å². The van der Waals surface area contributed by atoms with E-state index in [1.54, 1.807) is 12.1 Å². The molecule has 7 heteroatoms. The van der Waals surface area contributed by atoms with E-state index >= 15 is 0 Å². The van der Waals surface area contributed by atoms with Gasteiger partial charge in [-0.3, -0.25) is 0 Å². The molecule has 0 aliphatic heterocycles. The Kier molecular flexibility index (Phi) is 3.38. The predicted octanol–water partition coefficient (Wildman–Crippen LogP) is 2.14. The summed E-state index contributed by atoms with van der Waals surface area (Å²) in [5.41, 5.74) is 0.988. The van der Waals surface area contributed by atoms with E-state index in [0.717, 1.165) is 5.69 Å². The van der Waals surface area contributed by atoms with Crippen molar-refractivity contribution in [3.05, 3.63) is 40.5 Å². The Bertz CT molecular complexity index is 528. The van der Waals surface area contributed by atoms with Crippen molar-refractivity contribution < 1.29 is 14.4 Å². The van der Waals surface area contributed by atoms with Crippen LogP contribution in [0.2, 0.25) is 0 Å². The van der Waals surface area contributed by atoms with Gasteiger partial charge < -0.3 is 14.9 Å². The molecular weight excluding hydrogens is 290 g/mol. The number of carbonyl (C=O) groups is 1. The van der Waals surface area contributed by atoms with Crippen LogP contribution in [-0.2, 0) is 6.54 Å². The predicted molar refractivity (Wildman–Crippen MR) is 62.7 cm³/mol. The van der Waals surface area contributed by atoms with Gasteiger partial charge in [0, 0.05) is 10.2 Å². The Hall–Kier alpha value is -1.89. The van der Waals surface area contributed by atoms with Crippen molar-refractivity contribution in [1.29, 1.82) is 0 Å². The number of hydrogen-bond donors (Lipinski definition) is 2. The molecule has 1 aromatic heterocycles. The lowest BCUT2D eigenvalue weighted by atomic mass is 10.2. The summed E-state index contributed by atoms with van der Waals surface area (Å²) in [5, 5.41) is 15.5. The number of nitrogens with one attached hydrogen (secondary N) is 1. The van der Waals surface area contributed by atoms with Gasteiger partial charge in [0.15, 0.2) is 5.82 Å². The van der Waals surface area contributed by atoms with Crippen LogP contribution in [-0.4, -0.2) is 21.2 Å². The molecule has 0 fully saturated rings. The van der Waals surface area contributed by atoms with Crippen LogP contribution in [0.4, 0.5) is 5.69 Å². The molecule has 6 nitrogen and oxygen atoms in total. The summed E-state index contributed by atoms with van der Waals surface area (Å²) < 4.78 is 5.11. The number of aromatic carboxylic acids is 1. The Morgan fingerprint density at radius 2 is 2.35 bits per heavy atom. The SMILES string of the molecule is O=C(O)c1ccc(NCc2ncon2)cc1Br. The zero-order valence-corrected chi connectivity index (χ0v) is 10.1. The monoisotopic (exact) mass is 297 g/mol. The molecule has 0 atom stereocenters. The third kappa shape index (κ3) is 2.82. The molecule has 0 aliphatic carbocycles. The van der Waals surface area contributed by atoms with Gasteiger partial charge in [0.05, 0.1) is 12.1 Å². The molecule has 1 aromatic carbocycles. The fourth-order valence-electron chi connectivity index (χ4n) is 1.25. The van der Waals surface area contributed by atoms with Crippen molar-refractivity contribution in [1.82, 2.24) is 10.1 Å². The van der Waals surface area contributed by atoms with Gasteiger partial charge in [0.25, 0.3) is 0 Å². The zero-order valence-electron chi connectivity index (χ0n) is 8.55. The standard InChI is InChI=1S/C10H8BrN3O3/c11-8-3-6(1-2-7(8)10(15)16)12-4-9-13-5-17-14-9/h1-3,5,12H,4H2,(H,15,16). The second kappa shape index (κ2) is 4.96. The molecule has 0 spiro atoms. The molecule has 0 radical (unpaired) electrons. The molecule has 0 bridgehead atoms. The molecule has 0 aliphatic rings. The maximum atomic E-state index is 10.8. The minimum Gasteiger partial charge on any atom is -0.478 e. The normalized spacial score (nSPS) is 10.2. The largest absolute Gasteiger partial charge is 0.478 e. The third-order valence-electron chi connectivity index (χ3n) is 2.06. The molecular formula is C10H8BrN3O3. The number of anilines is 1. The summed E-state index contributed by atoms with van der Waals surface area (Å²) in [6, 6.07) is 4.88. The van der Waals surface area contributed by atoms with Crippen LogP contribution in [0.25, 0.3) is 0 Å². The summed E-state index contributed by atoms with van der Waals surface area (Å²) in [6.45, 7) is 0.412. The van der Waals surface area contributed by atoms with Gasteiger partial charge in [-0.2, -0.15) is 4.98 Å². The highest BCUT2D eigenvalue weighted by Gasteiger charge is 2.08. The van der Waals surface area contributed by atoms with Crippen molar-refractivity contribution in [2.75, 3.05) is 5.32 Å². The average Bonchev–Trinajstić information content (AvgIpc) is 2.78. The van der Waals surface area contributed by atoms with Crippen molar-refractivity contribution in [3.8, 4) is 0 Å². The van der Waals surface area contributed by atoms with Crippen LogP contribution < -0.4 is 5.32 Å². The first kappa shape index (κ1) is 11.6. The fraction of sp³-hybridized carbons (Fsp3) is 0.100. The van der Waals surface area contributed by atoms with E-state index in [0.29, 0.717) is 16.8 Å². The van der Waals surface area contributed by atoms with Gasteiger partial charge in [-0.1, -0.05) is 5.16 Å². The lowest BCUT2D eigenvalue weighted by Crippen LogP contribution is -2.03.